The molecule has 4 rings (SSSR count). The zero-order valence-electron chi connectivity index (χ0n) is 18.5. The molecule has 1 aromatic heterocycles. The lowest BCUT2D eigenvalue weighted by atomic mass is 9.96. The molecular formula is C21H28N6O5S. The Hall–Kier alpha value is -2.83. The second-order valence-corrected chi connectivity index (χ2v) is 10.4. The Morgan fingerprint density at radius 3 is 2.48 bits per heavy atom. The fraction of sp³-hybridized carbons (Fsp3) is 0.524. The van der Waals surface area contributed by atoms with E-state index in [9.17, 15) is 23.3 Å². The maximum atomic E-state index is 13.1. The zero-order valence-corrected chi connectivity index (χ0v) is 19.4. The van der Waals surface area contributed by atoms with Gasteiger partial charge in [0.2, 0.25) is 0 Å². The molecular weight excluding hydrogens is 448 g/mol. The van der Waals surface area contributed by atoms with Crippen molar-refractivity contribution in [1.29, 1.82) is 0 Å². The van der Waals surface area contributed by atoms with Gasteiger partial charge in [0, 0.05) is 57.6 Å². The number of carbonyl (C=O) groups excluding carboxylic acids is 1. The Morgan fingerprint density at radius 2 is 1.82 bits per heavy atom. The third kappa shape index (κ3) is 4.92. The highest BCUT2D eigenvalue weighted by Gasteiger charge is 2.35. The Morgan fingerprint density at radius 1 is 1.12 bits per heavy atom. The van der Waals surface area contributed by atoms with Crippen LogP contribution < -0.4 is 0 Å². The molecule has 1 aliphatic heterocycles. The van der Waals surface area contributed by atoms with Gasteiger partial charge in [0.1, 0.15) is 0 Å². The average Bonchev–Trinajstić information content (AvgIpc) is 3.34. The number of amides is 1. The van der Waals surface area contributed by atoms with Gasteiger partial charge in [-0.2, -0.15) is 22.1 Å². The molecule has 0 bridgehead atoms. The molecule has 0 unspecified atom stereocenters. The smallest absolute Gasteiger partial charge is 0.282 e. The topological polar surface area (TPSA) is 122 Å². The second kappa shape index (κ2) is 9.57. The summed E-state index contributed by atoms with van der Waals surface area (Å²) < 4.78 is 30.5. The van der Waals surface area contributed by atoms with Crippen molar-refractivity contribution in [3.8, 4) is 5.69 Å². The van der Waals surface area contributed by atoms with Gasteiger partial charge < -0.3 is 4.90 Å². The maximum absolute atomic E-state index is 13.1. The maximum Gasteiger partial charge on any atom is 0.282 e. The lowest BCUT2D eigenvalue weighted by molar-refractivity contribution is -0.384. The molecule has 1 aliphatic carbocycles. The van der Waals surface area contributed by atoms with Crippen molar-refractivity contribution in [2.75, 3.05) is 33.2 Å². The third-order valence-electron chi connectivity index (χ3n) is 6.42. The van der Waals surface area contributed by atoms with E-state index in [1.165, 1.54) is 25.4 Å². The molecule has 2 fully saturated rings. The van der Waals surface area contributed by atoms with E-state index in [-0.39, 0.29) is 49.5 Å². The summed E-state index contributed by atoms with van der Waals surface area (Å²) in [7, 11) is -1.91. The van der Waals surface area contributed by atoms with E-state index in [0.717, 1.165) is 32.1 Å². The highest BCUT2D eigenvalue weighted by atomic mass is 32.2. The summed E-state index contributed by atoms with van der Waals surface area (Å²) in [6.45, 7) is 1.02. The molecule has 1 amide bonds. The lowest BCUT2D eigenvalue weighted by Crippen LogP contribution is -2.55. The lowest BCUT2D eigenvalue weighted by Gasteiger charge is -2.38. The Balaban J connectivity index is 1.39. The number of nitro benzene ring substituents is 1. The minimum atomic E-state index is -3.56. The number of nitro groups is 1. The van der Waals surface area contributed by atoms with E-state index in [4.69, 9.17) is 0 Å². The SMILES string of the molecule is CN(C1CCCCC1)S(=O)(=O)N1CCN(C(=O)c2ccn(-c3cccc([N+](=O)[O-])c3)n2)CC1. The molecule has 0 atom stereocenters. The predicted octanol–water partition coefficient (Wildman–Crippen LogP) is 2.05. The van der Waals surface area contributed by atoms with Crippen LogP contribution in [0.3, 0.4) is 0 Å². The Bertz CT molecular complexity index is 1120. The van der Waals surface area contributed by atoms with Gasteiger partial charge in [0.05, 0.1) is 10.6 Å². The molecule has 11 nitrogen and oxygen atoms in total. The van der Waals surface area contributed by atoms with Gasteiger partial charge in [0.25, 0.3) is 21.8 Å². The van der Waals surface area contributed by atoms with Crippen molar-refractivity contribution >= 4 is 21.8 Å². The van der Waals surface area contributed by atoms with Crippen molar-refractivity contribution in [3.63, 3.8) is 0 Å². The minimum absolute atomic E-state index is 0.0428. The van der Waals surface area contributed by atoms with Crippen LogP contribution in [0.2, 0.25) is 0 Å². The molecule has 0 N–H and O–H groups in total. The van der Waals surface area contributed by atoms with Crippen LogP contribution in [-0.2, 0) is 10.2 Å². The first-order valence-electron chi connectivity index (χ1n) is 11.1. The normalized spacial score (nSPS) is 18.5. The molecule has 1 aromatic carbocycles. The summed E-state index contributed by atoms with van der Waals surface area (Å²) in [5.74, 6) is -0.295. The van der Waals surface area contributed by atoms with Gasteiger partial charge in [-0.3, -0.25) is 14.9 Å². The molecule has 33 heavy (non-hydrogen) atoms. The molecule has 0 spiro atoms. The summed E-state index contributed by atoms with van der Waals surface area (Å²) in [4.78, 5) is 25.0. The summed E-state index contributed by atoms with van der Waals surface area (Å²) in [6, 6.07) is 7.59. The first kappa shape index (κ1) is 23.3. The van der Waals surface area contributed by atoms with Crippen LogP contribution in [0.25, 0.3) is 5.69 Å². The first-order valence-corrected chi connectivity index (χ1v) is 12.5. The Kier molecular flexibility index (Phi) is 6.77. The molecule has 2 heterocycles. The quantitative estimate of drug-likeness (QED) is 0.465. The summed E-state index contributed by atoms with van der Waals surface area (Å²) in [5, 5.41) is 15.3. The van der Waals surface area contributed by atoms with E-state index < -0.39 is 15.1 Å². The minimum Gasteiger partial charge on any atom is -0.335 e. The molecule has 0 radical (unpaired) electrons. The van der Waals surface area contributed by atoms with E-state index in [1.807, 2.05) is 0 Å². The number of benzene rings is 1. The fourth-order valence-electron chi connectivity index (χ4n) is 4.43. The van der Waals surface area contributed by atoms with E-state index >= 15 is 0 Å². The summed E-state index contributed by atoms with van der Waals surface area (Å²) in [6.07, 6.45) is 6.61. The largest absolute Gasteiger partial charge is 0.335 e. The third-order valence-corrected chi connectivity index (χ3v) is 8.46. The number of piperazine rings is 1. The predicted molar refractivity (Wildman–Crippen MR) is 121 cm³/mol. The van der Waals surface area contributed by atoms with E-state index in [1.54, 1.807) is 36.3 Å². The van der Waals surface area contributed by atoms with E-state index in [2.05, 4.69) is 5.10 Å². The van der Waals surface area contributed by atoms with Gasteiger partial charge in [0.15, 0.2) is 5.69 Å². The first-order chi connectivity index (χ1) is 15.8. The number of hydrogen-bond acceptors (Lipinski definition) is 6. The van der Waals surface area contributed by atoms with Gasteiger partial charge in [-0.25, -0.2) is 4.68 Å². The fourth-order valence-corrected chi connectivity index (χ4v) is 6.01. The molecule has 12 heteroatoms. The highest BCUT2D eigenvalue weighted by Crippen LogP contribution is 2.25. The summed E-state index contributed by atoms with van der Waals surface area (Å²) >= 11 is 0. The standard InChI is InChI=1S/C21H28N6O5S/c1-23(17-6-3-2-4-7-17)33(31,32)25-14-12-24(13-15-25)21(28)20-10-11-26(22-20)18-8-5-9-19(16-18)27(29)30/h5,8-11,16-17H,2-4,6-7,12-15H2,1H3. The van der Waals surface area contributed by atoms with Gasteiger partial charge in [-0.15, -0.1) is 0 Å². The van der Waals surface area contributed by atoms with Crippen molar-refractivity contribution in [3.05, 3.63) is 52.3 Å². The number of nitrogens with zero attached hydrogens (tertiary/aromatic N) is 6. The van der Waals surface area contributed by atoms with Crippen LogP contribution in [0.5, 0.6) is 0 Å². The van der Waals surface area contributed by atoms with Crippen molar-refractivity contribution in [2.45, 2.75) is 38.1 Å². The van der Waals surface area contributed by atoms with E-state index in [0.29, 0.717) is 5.69 Å². The highest BCUT2D eigenvalue weighted by molar-refractivity contribution is 7.86. The molecule has 1 saturated heterocycles. The molecule has 2 aliphatic rings. The van der Waals surface area contributed by atoms with Crippen LogP contribution in [0.4, 0.5) is 5.69 Å². The van der Waals surface area contributed by atoms with Crippen molar-refractivity contribution in [1.82, 2.24) is 23.3 Å². The van der Waals surface area contributed by atoms with Gasteiger partial charge in [-0.1, -0.05) is 25.3 Å². The number of hydrogen-bond donors (Lipinski definition) is 0. The van der Waals surface area contributed by atoms with Crippen molar-refractivity contribution < 1.29 is 18.1 Å². The van der Waals surface area contributed by atoms with Crippen LogP contribution >= 0.6 is 0 Å². The number of non-ortho nitro benzene ring substituents is 1. The van der Waals surface area contributed by atoms with Gasteiger partial charge in [-0.05, 0) is 25.0 Å². The van der Waals surface area contributed by atoms with Crippen LogP contribution in [0.15, 0.2) is 36.5 Å². The molecule has 2 aromatic rings. The van der Waals surface area contributed by atoms with Gasteiger partial charge >= 0.3 is 0 Å². The number of carbonyl (C=O) groups is 1. The number of rotatable bonds is 6. The molecule has 1 saturated carbocycles. The Labute approximate surface area is 192 Å². The van der Waals surface area contributed by atoms with Crippen LogP contribution in [0.1, 0.15) is 42.6 Å². The second-order valence-electron chi connectivity index (χ2n) is 8.43. The monoisotopic (exact) mass is 476 g/mol. The van der Waals surface area contributed by atoms with Crippen LogP contribution in [-0.4, -0.2) is 81.8 Å². The molecule has 178 valence electrons. The number of aromatic nitrogens is 2. The van der Waals surface area contributed by atoms with Crippen LogP contribution in [0, 0.1) is 10.1 Å². The zero-order chi connectivity index (χ0) is 23.6. The van der Waals surface area contributed by atoms with Crippen molar-refractivity contribution in [2.24, 2.45) is 0 Å². The average molecular weight is 477 g/mol. The summed E-state index contributed by atoms with van der Waals surface area (Å²) in [5.41, 5.74) is 0.619.